The molecule has 0 aromatic heterocycles. The number of carbonyl (C=O) groups excluding carboxylic acids is 1. The van der Waals surface area contributed by atoms with Crippen molar-refractivity contribution in [2.45, 2.75) is 25.7 Å². The standard InChI is InChI=1S/C15H20F2N2O.ClH/c16-13-7-12(8-14(17)10-13)3-6-19-15(20)9-11-1-4-18-5-2-11;/h7-8,10-11,18H,1-6,9H2,(H,19,20);1H. The molecular weight excluding hydrogens is 298 g/mol. The molecule has 1 fully saturated rings. The van der Waals surface area contributed by atoms with E-state index in [1.807, 2.05) is 0 Å². The highest BCUT2D eigenvalue weighted by atomic mass is 35.5. The van der Waals surface area contributed by atoms with E-state index in [0.717, 1.165) is 32.0 Å². The minimum absolute atomic E-state index is 0. The molecular formula is C15H21ClF2N2O. The zero-order valence-electron chi connectivity index (χ0n) is 11.8. The van der Waals surface area contributed by atoms with E-state index >= 15 is 0 Å². The first-order chi connectivity index (χ1) is 9.63. The van der Waals surface area contributed by atoms with Crippen LogP contribution in [-0.4, -0.2) is 25.5 Å². The number of benzene rings is 1. The SMILES string of the molecule is Cl.O=C(CC1CCNCC1)NCCc1cc(F)cc(F)c1. The normalized spacial score (nSPS) is 15.3. The third-order valence-electron chi connectivity index (χ3n) is 3.59. The van der Waals surface area contributed by atoms with Gasteiger partial charge in [0.15, 0.2) is 0 Å². The molecule has 1 amide bonds. The molecule has 0 bridgehead atoms. The van der Waals surface area contributed by atoms with Gasteiger partial charge in [-0.15, -0.1) is 12.4 Å². The largest absolute Gasteiger partial charge is 0.356 e. The molecule has 118 valence electrons. The fourth-order valence-electron chi connectivity index (χ4n) is 2.52. The number of carbonyl (C=O) groups is 1. The van der Waals surface area contributed by atoms with Gasteiger partial charge in [-0.3, -0.25) is 4.79 Å². The molecule has 0 saturated carbocycles. The zero-order valence-corrected chi connectivity index (χ0v) is 12.6. The average Bonchev–Trinajstić information content (AvgIpc) is 2.38. The number of nitrogens with one attached hydrogen (secondary N) is 2. The molecule has 0 radical (unpaired) electrons. The van der Waals surface area contributed by atoms with Gasteiger partial charge in [0.1, 0.15) is 11.6 Å². The second-order valence-corrected chi connectivity index (χ2v) is 5.28. The maximum absolute atomic E-state index is 13.0. The fourth-order valence-corrected chi connectivity index (χ4v) is 2.52. The van der Waals surface area contributed by atoms with Gasteiger partial charge in [0, 0.05) is 19.0 Å². The Morgan fingerprint density at radius 3 is 2.43 bits per heavy atom. The number of hydrogen-bond acceptors (Lipinski definition) is 2. The number of amides is 1. The molecule has 21 heavy (non-hydrogen) atoms. The van der Waals surface area contributed by atoms with E-state index in [1.165, 1.54) is 12.1 Å². The van der Waals surface area contributed by atoms with E-state index in [2.05, 4.69) is 10.6 Å². The van der Waals surface area contributed by atoms with Crippen LogP contribution in [0.5, 0.6) is 0 Å². The van der Waals surface area contributed by atoms with Crippen molar-refractivity contribution in [2.24, 2.45) is 5.92 Å². The van der Waals surface area contributed by atoms with Crippen molar-refractivity contribution in [3.05, 3.63) is 35.4 Å². The first-order valence-corrected chi connectivity index (χ1v) is 7.06. The van der Waals surface area contributed by atoms with Gasteiger partial charge in [0.05, 0.1) is 0 Å². The van der Waals surface area contributed by atoms with Crippen LogP contribution in [0.25, 0.3) is 0 Å². The number of hydrogen-bond donors (Lipinski definition) is 2. The van der Waals surface area contributed by atoms with Crippen LogP contribution < -0.4 is 10.6 Å². The predicted octanol–water partition coefficient (Wildman–Crippen LogP) is 2.44. The lowest BCUT2D eigenvalue weighted by Crippen LogP contribution is -2.33. The van der Waals surface area contributed by atoms with Crippen molar-refractivity contribution in [3.63, 3.8) is 0 Å². The van der Waals surface area contributed by atoms with E-state index in [1.54, 1.807) is 0 Å². The van der Waals surface area contributed by atoms with Crippen LogP contribution in [0.2, 0.25) is 0 Å². The second kappa shape index (κ2) is 8.95. The lowest BCUT2D eigenvalue weighted by atomic mass is 9.94. The maximum Gasteiger partial charge on any atom is 0.220 e. The summed E-state index contributed by atoms with van der Waals surface area (Å²) < 4.78 is 26.0. The lowest BCUT2D eigenvalue weighted by molar-refractivity contribution is -0.122. The van der Waals surface area contributed by atoms with E-state index in [-0.39, 0.29) is 18.3 Å². The quantitative estimate of drug-likeness (QED) is 0.875. The Balaban J connectivity index is 0.00000220. The van der Waals surface area contributed by atoms with Crippen molar-refractivity contribution in [1.82, 2.24) is 10.6 Å². The van der Waals surface area contributed by atoms with Crippen LogP contribution in [0, 0.1) is 17.6 Å². The maximum atomic E-state index is 13.0. The van der Waals surface area contributed by atoms with Gasteiger partial charge in [-0.05, 0) is 56.0 Å². The summed E-state index contributed by atoms with van der Waals surface area (Å²) in [6.07, 6.45) is 3.04. The van der Waals surface area contributed by atoms with Gasteiger partial charge in [0.2, 0.25) is 5.91 Å². The van der Waals surface area contributed by atoms with Gasteiger partial charge in [-0.1, -0.05) is 0 Å². The number of piperidine rings is 1. The molecule has 1 aliphatic heterocycles. The van der Waals surface area contributed by atoms with Crippen molar-refractivity contribution in [1.29, 1.82) is 0 Å². The van der Waals surface area contributed by atoms with Crippen LogP contribution in [0.3, 0.4) is 0 Å². The molecule has 0 atom stereocenters. The zero-order chi connectivity index (χ0) is 14.4. The Morgan fingerprint density at radius 2 is 1.81 bits per heavy atom. The molecule has 3 nitrogen and oxygen atoms in total. The molecule has 1 heterocycles. The first kappa shape index (κ1) is 17.9. The molecule has 1 aliphatic rings. The highest BCUT2D eigenvalue weighted by molar-refractivity contribution is 5.85. The van der Waals surface area contributed by atoms with Gasteiger partial charge in [-0.25, -0.2) is 8.78 Å². The van der Waals surface area contributed by atoms with Crippen LogP contribution in [-0.2, 0) is 11.2 Å². The van der Waals surface area contributed by atoms with E-state index < -0.39 is 11.6 Å². The van der Waals surface area contributed by atoms with Gasteiger partial charge in [0.25, 0.3) is 0 Å². The molecule has 0 unspecified atom stereocenters. The number of rotatable bonds is 5. The lowest BCUT2D eigenvalue weighted by Gasteiger charge is -2.21. The van der Waals surface area contributed by atoms with E-state index in [4.69, 9.17) is 0 Å². The minimum Gasteiger partial charge on any atom is -0.356 e. The predicted molar refractivity (Wildman–Crippen MR) is 80.5 cm³/mol. The number of halogens is 3. The Bertz CT molecular complexity index is 445. The van der Waals surface area contributed by atoms with Crippen molar-refractivity contribution < 1.29 is 13.6 Å². The average molecular weight is 319 g/mol. The molecule has 2 rings (SSSR count). The topological polar surface area (TPSA) is 41.1 Å². The molecule has 1 aromatic rings. The Morgan fingerprint density at radius 1 is 1.19 bits per heavy atom. The summed E-state index contributed by atoms with van der Waals surface area (Å²) in [6.45, 7) is 2.35. The summed E-state index contributed by atoms with van der Waals surface area (Å²) in [7, 11) is 0. The molecule has 6 heteroatoms. The first-order valence-electron chi connectivity index (χ1n) is 7.06. The van der Waals surface area contributed by atoms with Crippen LogP contribution in [0.15, 0.2) is 18.2 Å². The summed E-state index contributed by atoms with van der Waals surface area (Å²) in [5.41, 5.74) is 0.560. The van der Waals surface area contributed by atoms with Gasteiger partial charge < -0.3 is 10.6 Å². The summed E-state index contributed by atoms with van der Waals surface area (Å²) in [4.78, 5) is 11.8. The highest BCUT2D eigenvalue weighted by Gasteiger charge is 2.16. The van der Waals surface area contributed by atoms with Crippen LogP contribution >= 0.6 is 12.4 Å². The van der Waals surface area contributed by atoms with Crippen molar-refractivity contribution >= 4 is 18.3 Å². The molecule has 0 aliphatic carbocycles. The Kier molecular flexibility index (Phi) is 7.61. The van der Waals surface area contributed by atoms with Gasteiger partial charge in [-0.2, -0.15) is 0 Å². The van der Waals surface area contributed by atoms with Gasteiger partial charge >= 0.3 is 0 Å². The smallest absolute Gasteiger partial charge is 0.220 e. The van der Waals surface area contributed by atoms with Crippen LogP contribution in [0.1, 0.15) is 24.8 Å². The van der Waals surface area contributed by atoms with Crippen molar-refractivity contribution in [2.75, 3.05) is 19.6 Å². The summed E-state index contributed by atoms with van der Waals surface area (Å²) in [5.74, 6) is -0.696. The van der Waals surface area contributed by atoms with Crippen molar-refractivity contribution in [3.8, 4) is 0 Å². The third kappa shape index (κ3) is 6.40. The van der Waals surface area contributed by atoms with E-state index in [0.29, 0.717) is 30.9 Å². The summed E-state index contributed by atoms with van der Waals surface area (Å²) in [6, 6.07) is 3.43. The fraction of sp³-hybridized carbons (Fsp3) is 0.533. The highest BCUT2D eigenvalue weighted by Crippen LogP contribution is 2.15. The molecule has 1 saturated heterocycles. The third-order valence-corrected chi connectivity index (χ3v) is 3.59. The minimum atomic E-state index is -0.582. The monoisotopic (exact) mass is 318 g/mol. The molecule has 0 spiro atoms. The van der Waals surface area contributed by atoms with E-state index in [9.17, 15) is 13.6 Å². The second-order valence-electron chi connectivity index (χ2n) is 5.28. The van der Waals surface area contributed by atoms with Crippen LogP contribution in [0.4, 0.5) is 8.78 Å². The summed E-state index contributed by atoms with van der Waals surface area (Å²) in [5, 5.41) is 6.07. The molecule has 2 N–H and O–H groups in total. The Hall–Kier alpha value is -1.20. The summed E-state index contributed by atoms with van der Waals surface area (Å²) >= 11 is 0. The Labute approximate surface area is 129 Å². The molecule has 1 aromatic carbocycles.